The maximum absolute atomic E-state index is 14.2. The largest absolute Gasteiger partial charge is 0.573 e. The van der Waals surface area contributed by atoms with Gasteiger partial charge in [-0.15, -0.1) is 24.5 Å². The van der Waals surface area contributed by atoms with Crippen LogP contribution >= 0.6 is 11.3 Å². The highest BCUT2D eigenvalue weighted by Crippen LogP contribution is 2.34. The first kappa shape index (κ1) is 23.4. The van der Waals surface area contributed by atoms with Gasteiger partial charge < -0.3 is 10.5 Å². The summed E-state index contributed by atoms with van der Waals surface area (Å²) in [5, 5.41) is 0. The molecule has 2 aromatic heterocycles. The standard InChI is InChI=1S/C24H17F4N3O2S/c1-13-10-14(6-8-20(13)33-24(26,27)28)21-9-7-15(34-21)11-18-22(23(29)32)30-12-19(31-18)16-4-2-3-5-17(16)25/h2-10,12H,11H2,1H3,(H2,29,32). The minimum absolute atomic E-state index is 0.0143. The molecule has 0 saturated carbocycles. The molecule has 2 heterocycles. The number of primary amides is 1. The first-order valence-electron chi connectivity index (χ1n) is 9.97. The van der Waals surface area contributed by atoms with Crippen LogP contribution in [0.25, 0.3) is 21.7 Å². The van der Waals surface area contributed by atoms with E-state index in [1.165, 1.54) is 42.7 Å². The van der Waals surface area contributed by atoms with Gasteiger partial charge in [0, 0.05) is 21.7 Å². The second-order valence-corrected chi connectivity index (χ2v) is 8.53. The number of hydrogen-bond acceptors (Lipinski definition) is 5. The number of nitrogens with two attached hydrogens (primary N) is 1. The molecule has 0 atom stereocenters. The summed E-state index contributed by atoms with van der Waals surface area (Å²) >= 11 is 1.38. The maximum Gasteiger partial charge on any atom is 0.573 e. The molecule has 5 nitrogen and oxygen atoms in total. The van der Waals surface area contributed by atoms with Crippen molar-refractivity contribution in [2.75, 3.05) is 0 Å². The number of nitrogens with zero attached hydrogens (tertiary/aromatic N) is 2. The predicted octanol–water partition coefficient (Wildman–Crippen LogP) is 5.91. The fourth-order valence-electron chi connectivity index (χ4n) is 3.39. The highest BCUT2D eigenvalue weighted by Gasteiger charge is 2.31. The molecule has 0 fully saturated rings. The highest BCUT2D eigenvalue weighted by atomic mass is 32.1. The number of amides is 1. The van der Waals surface area contributed by atoms with Crippen molar-refractivity contribution in [3.63, 3.8) is 0 Å². The van der Waals surface area contributed by atoms with Crippen molar-refractivity contribution < 1.29 is 27.1 Å². The molecule has 2 N–H and O–H groups in total. The topological polar surface area (TPSA) is 78.1 Å². The zero-order valence-corrected chi connectivity index (χ0v) is 18.5. The Morgan fingerprint density at radius 1 is 1.12 bits per heavy atom. The molecule has 10 heteroatoms. The van der Waals surface area contributed by atoms with Crippen molar-refractivity contribution >= 4 is 17.2 Å². The van der Waals surface area contributed by atoms with Gasteiger partial charge in [-0.2, -0.15) is 0 Å². The molecule has 0 radical (unpaired) electrons. The number of rotatable bonds is 6. The molecule has 0 bridgehead atoms. The number of alkyl halides is 3. The number of aryl methyl sites for hydroxylation is 1. The van der Waals surface area contributed by atoms with Gasteiger partial charge in [-0.05, 0) is 60.5 Å². The Kier molecular flexibility index (Phi) is 6.34. The number of thiophene rings is 1. The lowest BCUT2D eigenvalue weighted by molar-refractivity contribution is -0.274. The van der Waals surface area contributed by atoms with E-state index in [0.29, 0.717) is 16.8 Å². The van der Waals surface area contributed by atoms with Gasteiger partial charge in [-0.25, -0.2) is 14.4 Å². The van der Waals surface area contributed by atoms with Crippen LogP contribution in [0.1, 0.15) is 26.6 Å². The lowest BCUT2D eigenvalue weighted by Gasteiger charge is -2.12. The van der Waals surface area contributed by atoms with E-state index in [2.05, 4.69) is 14.7 Å². The molecule has 0 aliphatic carbocycles. The molecular formula is C24H17F4N3O2S. The first-order chi connectivity index (χ1) is 16.1. The van der Waals surface area contributed by atoms with Crippen LogP contribution in [0.3, 0.4) is 0 Å². The minimum Gasteiger partial charge on any atom is -0.406 e. The van der Waals surface area contributed by atoms with Crippen molar-refractivity contribution in [2.45, 2.75) is 19.7 Å². The third kappa shape index (κ3) is 5.23. The van der Waals surface area contributed by atoms with Crippen LogP contribution in [-0.2, 0) is 6.42 Å². The predicted molar refractivity (Wildman–Crippen MR) is 120 cm³/mol. The van der Waals surface area contributed by atoms with Crippen LogP contribution in [0.2, 0.25) is 0 Å². The van der Waals surface area contributed by atoms with Crippen molar-refractivity contribution in [3.8, 4) is 27.4 Å². The molecule has 0 aliphatic rings. The molecule has 2 aromatic carbocycles. The molecule has 1 amide bonds. The summed E-state index contributed by atoms with van der Waals surface area (Å²) in [6.07, 6.45) is -3.25. The summed E-state index contributed by atoms with van der Waals surface area (Å²) in [5.74, 6) is -1.49. The molecule has 0 aliphatic heterocycles. The van der Waals surface area contributed by atoms with Gasteiger partial charge in [0.1, 0.15) is 17.3 Å². The van der Waals surface area contributed by atoms with Gasteiger partial charge in [0.15, 0.2) is 0 Å². The number of halogens is 4. The third-order valence-corrected chi connectivity index (χ3v) is 6.05. The fourth-order valence-corrected chi connectivity index (χ4v) is 4.40. The zero-order chi connectivity index (χ0) is 24.5. The lowest BCUT2D eigenvalue weighted by atomic mass is 10.1. The van der Waals surface area contributed by atoms with Gasteiger partial charge in [0.05, 0.1) is 17.6 Å². The van der Waals surface area contributed by atoms with E-state index >= 15 is 0 Å². The third-order valence-electron chi connectivity index (χ3n) is 4.92. The van der Waals surface area contributed by atoms with Gasteiger partial charge in [0.2, 0.25) is 0 Å². The van der Waals surface area contributed by atoms with Crippen molar-refractivity contribution in [3.05, 3.63) is 88.4 Å². The first-order valence-corrected chi connectivity index (χ1v) is 10.8. The van der Waals surface area contributed by atoms with Gasteiger partial charge >= 0.3 is 6.36 Å². The molecule has 0 saturated heterocycles. The molecule has 34 heavy (non-hydrogen) atoms. The number of carbonyl (C=O) groups is 1. The van der Waals surface area contributed by atoms with Crippen molar-refractivity contribution in [1.29, 1.82) is 0 Å². The summed E-state index contributed by atoms with van der Waals surface area (Å²) in [5.41, 5.74) is 7.30. The van der Waals surface area contributed by atoms with E-state index in [1.54, 1.807) is 24.3 Å². The Balaban J connectivity index is 1.63. The minimum atomic E-state index is -4.77. The molecule has 174 valence electrons. The monoisotopic (exact) mass is 487 g/mol. The van der Waals surface area contributed by atoms with E-state index in [4.69, 9.17) is 5.73 Å². The number of ether oxygens (including phenoxy) is 1. The van der Waals surface area contributed by atoms with Gasteiger partial charge in [-0.1, -0.05) is 12.1 Å². The van der Waals surface area contributed by atoms with Crippen molar-refractivity contribution in [1.82, 2.24) is 9.97 Å². The number of hydrogen-bond donors (Lipinski definition) is 1. The van der Waals surface area contributed by atoms with Crippen LogP contribution in [0.5, 0.6) is 5.75 Å². The average molecular weight is 487 g/mol. The Bertz CT molecular complexity index is 1370. The van der Waals surface area contributed by atoms with Crippen LogP contribution in [-0.4, -0.2) is 22.2 Å². The average Bonchev–Trinajstić information content (AvgIpc) is 3.23. The van der Waals surface area contributed by atoms with Crippen LogP contribution in [0, 0.1) is 12.7 Å². The molecular weight excluding hydrogens is 470 g/mol. The molecule has 4 rings (SSSR count). The number of benzene rings is 2. The van der Waals surface area contributed by atoms with E-state index in [1.807, 2.05) is 12.1 Å². The summed E-state index contributed by atoms with van der Waals surface area (Å²) in [4.78, 5) is 22.0. The normalized spacial score (nSPS) is 11.4. The fraction of sp³-hybridized carbons (Fsp3) is 0.125. The molecule has 4 aromatic rings. The lowest BCUT2D eigenvalue weighted by Crippen LogP contribution is -2.17. The number of aromatic nitrogens is 2. The Morgan fingerprint density at radius 3 is 2.56 bits per heavy atom. The van der Waals surface area contributed by atoms with E-state index < -0.39 is 18.1 Å². The van der Waals surface area contributed by atoms with Crippen molar-refractivity contribution in [2.24, 2.45) is 5.73 Å². The zero-order valence-electron chi connectivity index (χ0n) is 17.7. The van der Waals surface area contributed by atoms with Gasteiger partial charge in [0.25, 0.3) is 5.91 Å². The second kappa shape index (κ2) is 9.22. The summed E-state index contributed by atoms with van der Waals surface area (Å²) in [6, 6.07) is 14.1. The van der Waals surface area contributed by atoms with E-state index in [-0.39, 0.29) is 29.1 Å². The second-order valence-electron chi connectivity index (χ2n) is 7.37. The Morgan fingerprint density at radius 2 is 1.88 bits per heavy atom. The van der Waals surface area contributed by atoms with Crippen LogP contribution in [0.4, 0.5) is 17.6 Å². The summed E-state index contributed by atoms with van der Waals surface area (Å²) in [6.45, 7) is 1.53. The molecule has 0 unspecified atom stereocenters. The van der Waals surface area contributed by atoms with E-state index in [0.717, 1.165) is 9.75 Å². The van der Waals surface area contributed by atoms with Gasteiger partial charge in [-0.3, -0.25) is 4.79 Å². The highest BCUT2D eigenvalue weighted by molar-refractivity contribution is 7.15. The van der Waals surface area contributed by atoms with Crippen LogP contribution < -0.4 is 10.5 Å². The molecule has 0 spiro atoms. The quantitative estimate of drug-likeness (QED) is 0.343. The number of carbonyl (C=O) groups excluding carboxylic acids is 1. The Labute approximate surface area is 195 Å². The SMILES string of the molecule is Cc1cc(-c2ccc(Cc3nc(-c4ccccc4F)cnc3C(N)=O)s2)ccc1OC(F)(F)F. The Hall–Kier alpha value is -3.79. The maximum atomic E-state index is 14.2. The van der Waals surface area contributed by atoms with E-state index in [9.17, 15) is 22.4 Å². The summed E-state index contributed by atoms with van der Waals surface area (Å²) in [7, 11) is 0. The van der Waals surface area contributed by atoms with Crippen LogP contribution in [0.15, 0.2) is 60.8 Å². The summed E-state index contributed by atoms with van der Waals surface area (Å²) < 4.78 is 55.8. The smallest absolute Gasteiger partial charge is 0.406 e.